The van der Waals surface area contributed by atoms with Gasteiger partial charge in [-0.15, -0.1) is 6.58 Å². The topological polar surface area (TPSA) is 91.6 Å². The Morgan fingerprint density at radius 2 is 1.94 bits per heavy atom. The molecule has 0 N–H and O–H groups in total. The van der Waals surface area contributed by atoms with Crippen molar-refractivity contribution in [3.05, 3.63) is 41.7 Å². The van der Waals surface area contributed by atoms with Gasteiger partial charge in [0.05, 0.1) is 31.5 Å². The smallest absolute Gasteiger partial charge is 0.358 e. The van der Waals surface area contributed by atoms with E-state index in [0.717, 1.165) is 24.2 Å². The molecule has 0 bridgehead atoms. The van der Waals surface area contributed by atoms with E-state index < -0.39 is 23.6 Å². The van der Waals surface area contributed by atoms with Crippen LogP contribution in [0.4, 0.5) is 5.82 Å². The number of aromatic nitrogens is 2. The average Bonchev–Trinajstić information content (AvgIpc) is 3.24. The van der Waals surface area contributed by atoms with Crippen LogP contribution in [0, 0.1) is 6.92 Å². The van der Waals surface area contributed by atoms with E-state index in [-0.39, 0.29) is 17.9 Å². The number of carbonyl (C=O) groups is 2. The molecule has 0 amide bonds. The van der Waals surface area contributed by atoms with Crippen LogP contribution in [-0.4, -0.2) is 65.9 Å². The number of esters is 2. The van der Waals surface area contributed by atoms with E-state index in [1.165, 1.54) is 7.11 Å². The van der Waals surface area contributed by atoms with Crippen molar-refractivity contribution in [2.75, 3.05) is 38.3 Å². The Labute approximate surface area is 213 Å². The van der Waals surface area contributed by atoms with Crippen LogP contribution in [0.2, 0.25) is 0 Å². The molecule has 0 saturated carbocycles. The lowest BCUT2D eigenvalue weighted by Crippen LogP contribution is -2.45. The minimum Gasteiger partial charge on any atom is -0.467 e. The van der Waals surface area contributed by atoms with Gasteiger partial charge in [0.15, 0.2) is 11.8 Å². The summed E-state index contributed by atoms with van der Waals surface area (Å²) < 4.78 is 24.5. The Balaban J connectivity index is 2.18. The lowest BCUT2D eigenvalue weighted by Gasteiger charge is -2.41. The van der Waals surface area contributed by atoms with Crippen LogP contribution in [0.1, 0.15) is 75.2 Å². The average molecular weight is 502 g/mol. The maximum atomic E-state index is 13.0. The van der Waals surface area contributed by atoms with Crippen molar-refractivity contribution in [3.63, 3.8) is 0 Å². The van der Waals surface area contributed by atoms with Gasteiger partial charge in [-0.25, -0.2) is 14.6 Å². The van der Waals surface area contributed by atoms with Crippen LogP contribution in [0.3, 0.4) is 0 Å². The van der Waals surface area contributed by atoms with Crippen molar-refractivity contribution >= 4 is 23.4 Å². The highest BCUT2D eigenvalue weighted by Gasteiger charge is 2.37. The molecule has 1 atom stereocenters. The summed E-state index contributed by atoms with van der Waals surface area (Å²) in [6.45, 7) is 17.3. The zero-order chi connectivity index (χ0) is 26.7. The van der Waals surface area contributed by atoms with Crippen LogP contribution < -0.4 is 4.90 Å². The van der Waals surface area contributed by atoms with Gasteiger partial charge in [-0.3, -0.25) is 4.40 Å². The van der Waals surface area contributed by atoms with Crippen molar-refractivity contribution < 1.29 is 28.5 Å². The van der Waals surface area contributed by atoms with E-state index in [9.17, 15) is 9.59 Å². The summed E-state index contributed by atoms with van der Waals surface area (Å²) in [5, 5.41) is 0. The molecule has 0 aromatic carbocycles. The van der Waals surface area contributed by atoms with Gasteiger partial charge in [-0.1, -0.05) is 6.08 Å². The number of anilines is 1. The predicted octanol–water partition coefficient (Wildman–Crippen LogP) is 4.41. The van der Waals surface area contributed by atoms with E-state index in [1.807, 2.05) is 38.2 Å². The number of fused-ring (bicyclic) bond motifs is 1. The van der Waals surface area contributed by atoms with E-state index in [4.69, 9.17) is 18.9 Å². The summed E-state index contributed by atoms with van der Waals surface area (Å²) in [6.07, 6.45) is 4.01. The Kier molecular flexibility index (Phi) is 8.46. The standard InChI is InChI=1S/C27H39N3O6/c1-9-15-35-27(7)11-13-29(14-12-27)23-21(22(25(32)33-8)36-26(4,5)6)18(3)16-20-28-19(17-30(20)23)24(31)34-10-2/h9,16-17,22H,1,10-15H2,2-8H3/t22-/m0/s1. The molecule has 3 heterocycles. The fourth-order valence-electron chi connectivity index (χ4n) is 4.48. The summed E-state index contributed by atoms with van der Waals surface area (Å²) in [6, 6.07) is 1.85. The maximum absolute atomic E-state index is 13.0. The first-order valence-electron chi connectivity index (χ1n) is 12.4. The number of imidazole rings is 1. The number of nitrogens with zero attached hydrogens (tertiary/aromatic N) is 3. The van der Waals surface area contributed by atoms with Gasteiger partial charge in [0.1, 0.15) is 11.5 Å². The van der Waals surface area contributed by atoms with Crippen molar-refractivity contribution in [1.82, 2.24) is 9.38 Å². The number of methoxy groups -OCH3 is 1. The molecule has 9 heteroatoms. The monoisotopic (exact) mass is 501 g/mol. The van der Waals surface area contributed by atoms with Crippen molar-refractivity contribution in [2.24, 2.45) is 0 Å². The van der Waals surface area contributed by atoms with Gasteiger partial charge in [-0.2, -0.15) is 0 Å². The third-order valence-electron chi connectivity index (χ3n) is 6.28. The van der Waals surface area contributed by atoms with Crippen LogP contribution in [0.15, 0.2) is 24.9 Å². The Morgan fingerprint density at radius 3 is 2.50 bits per heavy atom. The van der Waals surface area contributed by atoms with Gasteiger partial charge in [-0.05, 0) is 66.0 Å². The zero-order valence-electron chi connectivity index (χ0n) is 22.6. The van der Waals surface area contributed by atoms with Crippen LogP contribution in [0.25, 0.3) is 5.65 Å². The van der Waals surface area contributed by atoms with Crippen LogP contribution in [0.5, 0.6) is 0 Å². The van der Waals surface area contributed by atoms with Crippen LogP contribution in [-0.2, 0) is 23.7 Å². The largest absolute Gasteiger partial charge is 0.467 e. The number of ether oxygens (including phenoxy) is 4. The highest BCUT2D eigenvalue weighted by Crippen LogP contribution is 2.39. The van der Waals surface area contributed by atoms with E-state index in [2.05, 4.69) is 23.4 Å². The quantitative estimate of drug-likeness (QED) is 0.369. The highest BCUT2D eigenvalue weighted by atomic mass is 16.6. The van der Waals surface area contributed by atoms with Gasteiger partial charge in [0.25, 0.3) is 0 Å². The lowest BCUT2D eigenvalue weighted by atomic mass is 9.92. The Morgan fingerprint density at radius 1 is 1.28 bits per heavy atom. The van der Waals surface area contributed by atoms with Crippen molar-refractivity contribution in [3.8, 4) is 0 Å². The fourth-order valence-corrected chi connectivity index (χ4v) is 4.48. The van der Waals surface area contributed by atoms with Gasteiger partial charge in [0.2, 0.25) is 0 Å². The Bertz CT molecular complexity index is 1110. The molecule has 2 aromatic heterocycles. The molecular weight excluding hydrogens is 462 g/mol. The van der Waals surface area contributed by atoms with Gasteiger partial charge in [0, 0.05) is 24.8 Å². The molecule has 0 unspecified atom stereocenters. The number of rotatable bonds is 9. The first-order chi connectivity index (χ1) is 16.9. The maximum Gasteiger partial charge on any atom is 0.358 e. The first-order valence-corrected chi connectivity index (χ1v) is 12.4. The molecule has 1 fully saturated rings. The fraction of sp³-hybridized carbons (Fsp3) is 0.593. The minimum absolute atomic E-state index is 0.206. The van der Waals surface area contributed by atoms with E-state index >= 15 is 0 Å². The van der Waals surface area contributed by atoms with Crippen molar-refractivity contribution in [1.29, 1.82) is 0 Å². The summed E-state index contributed by atoms with van der Waals surface area (Å²) >= 11 is 0. The number of piperidine rings is 1. The normalized spacial score (nSPS) is 16.6. The zero-order valence-corrected chi connectivity index (χ0v) is 22.6. The molecule has 1 aliphatic heterocycles. The van der Waals surface area contributed by atoms with E-state index in [1.54, 1.807) is 19.2 Å². The van der Waals surface area contributed by atoms with Gasteiger partial charge >= 0.3 is 11.9 Å². The summed E-state index contributed by atoms with van der Waals surface area (Å²) in [5.41, 5.74) is 1.41. The SMILES string of the molecule is C=CCOC1(C)CCN(c2c([C@H](OC(C)(C)C)C(=O)OC)c(C)cc3nc(C(=O)OCC)cn23)CC1. The molecule has 0 aliphatic carbocycles. The molecule has 0 radical (unpaired) electrons. The third kappa shape index (κ3) is 6.07. The minimum atomic E-state index is -0.965. The summed E-state index contributed by atoms with van der Waals surface area (Å²) in [5.74, 6) is -0.236. The molecule has 2 aromatic rings. The predicted molar refractivity (Wildman–Crippen MR) is 137 cm³/mol. The molecule has 1 aliphatic rings. The molecule has 36 heavy (non-hydrogen) atoms. The second-order valence-corrected chi connectivity index (χ2v) is 10.3. The molecule has 1 saturated heterocycles. The number of hydrogen-bond acceptors (Lipinski definition) is 8. The second kappa shape index (κ2) is 11.0. The Hall–Kier alpha value is -2.91. The van der Waals surface area contributed by atoms with Gasteiger partial charge < -0.3 is 23.8 Å². The van der Waals surface area contributed by atoms with E-state index in [0.29, 0.717) is 30.9 Å². The summed E-state index contributed by atoms with van der Waals surface area (Å²) in [4.78, 5) is 32.3. The van der Waals surface area contributed by atoms with Crippen molar-refractivity contribution in [2.45, 2.75) is 71.7 Å². The lowest BCUT2D eigenvalue weighted by molar-refractivity contribution is -0.164. The molecule has 3 rings (SSSR count). The first kappa shape index (κ1) is 27.7. The number of hydrogen-bond donors (Lipinski definition) is 0. The molecule has 9 nitrogen and oxygen atoms in total. The molecular formula is C27H39N3O6. The third-order valence-corrected chi connectivity index (χ3v) is 6.28. The number of aryl methyl sites for hydroxylation is 1. The molecule has 198 valence electrons. The summed E-state index contributed by atoms with van der Waals surface area (Å²) in [7, 11) is 1.36. The highest BCUT2D eigenvalue weighted by molar-refractivity contribution is 5.88. The number of carbonyl (C=O) groups excluding carboxylic acids is 2. The number of pyridine rings is 1. The second-order valence-electron chi connectivity index (χ2n) is 10.3. The molecule has 0 spiro atoms. The van der Waals surface area contributed by atoms with Crippen LogP contribution >= 0.6 is 0 Å².